The summed E-state index contributed by atoms with van der Waals surface area (Å²) in [5.74, 6) is 0. The fourth-order valence-corrected chi connectivity index (χ4v) is 17.6. The van der Waals surface area contributed by atoms with Crippen molar-refractivity contribution < 1.29 is 0 Å². The van der Waals surface area contributed by atoms with Crippen LogP contribution in [0.15, 0.2) is 60.7 Å². The van der Waals surface area contributed by atoms with E-state index in [1.807, 2.05) is 0 Å². The molecular weight excluding hydrogens is 710 g/mol. The summed E-state index contributed by atoms with van der Waals surface area (Å²) in [4.78, 5) is 0. The molecule has 276 valence electrons. The van der Waals surface area contributed by atoms with Crippen molar-refractivity contribution in [1.29, 1.82) is 0 Å². The monoisotopic (exact) mass is 791 g/mol. The van der Waals surface area contributed by atoms with Crippen LogP contribution in [0.4, 0.5) is 0 Å². The standard InChI is InChI=1S/C46H80IP/c1-3-5-7-9-11-13-15-17-19-21-23-25-27-35-41-48(47,43-45-37-31-29-32-38-45,44-46-39-33-30-34-40-46)42-36-28-26-24-22-20-18-16-14-12-10-8-6-4-2/h29-34,37-40H,3-28,35-36,41-44H2,1-2H3. The predicted octanol–water partition coefficient (Wildman–Crippen LogP) is 17.3. The van der Waals surface area contributed by atoms with Gasteiger partial charge in [-0.3, -0.25) is 0 Å². The van der Waals surface area contributed by atoms with Gasteiger partial charge in [0, 0.05) is 0 Å². The fraction of sp³-hybridized carbons (Fsp3) is 0.739. The maximum atomic E-state index is 3.14. The zero-order valence-corrected chi connectivity index (χ0v) is 35.3. The number of unbranched alkanes of at least 4 members (excludes halogenated alkanes) is 26. The van der Waals surface area contributed by atoms with Crippen LogP contribution in [0.3, 0.4) is 0 Å². The van der Waals surface area contributed by atoms with Crippen molar-refractivity contribution in [3.63, 3.8) is 0 Å². The van der Waals surface area contributed by atoms with Crippen molar-refractivity contribution in [2.24, 2.45) is 0 Å². The number of hydrogen-bond acceptors (Lipinski definition) is 0. The third-order valence-electron chi connectivity index (χ3n) is 11.0. The molecule has 0 aliphatic rings. The minimum absolute atomic E-state index is 1.32. The van der Waals surface area contributed by atoms with Crippen LogP contribution < -0.4 is 0 Å². The van der Waals surface area contributed by atoms with Gasteiger partial charge < -0.3 is 0 Å². The summed E-state index contributed by atoms with van der Waals surface area (Å²) in [7, 11) is 0. The second kappa shape index (κ2) is 29.2. The maximum absolute atomic E-state index is 3.14. The van der Waals surface area contributed by atoms with E-state index in [0.717, 1.165) is 0 Å². The van der Waals surface area contributed by atoms with Crippen molar-refractivity contribution >= 4 is 26.3 Å². The van der Waals surface area contributed by atoms with Crippen LogP contribution >= 0.6 is 26.3 Å². The molecule has 2 aromatic carbocycles. The van der Waals surface area contributed by atoms with E-state index in [4.69, 9.17) is 0 Å². The van der Waals surface area contributed by atoms with Crippen molar-refractivity contribution in [3.05, 3.63) is 71.8 Å². The summed E-state index contributed by atoms with van der Waals surface area (Å²) < 4.78 is -2.02. The van der Waals surface area contributed by atoms with Gasteiger partial charge in [-0.1, -0.05) is 52.4 Å². The molecule has 0 saturated carbocycles. The van der Waals surface area contributed by atoms with Gasteiger partial charge in [-0.05, 0) is 0 Å². The molecule has 2 rings (SSSR count). The van der Waals surface area contributed by atoms with Gasteiger partial charge in [-0.25, -0.2) is 0 Å². The minimum atomic E-state index is -2.02. The molecule has 0 unspecified atom stereocenters. The summed E-state index contributed by atoms with van der Waals surface area (Å²) in [6.07, 6.45) is 46.0. The summed E-state index contributed by atoms with van der Waals surface area (Å²) >= 11 is 3.14. The summed E-state index contributed by atoms with van der Waals surface area (Å²) in [5, 5.41) is 0. The zero-order chi connectivity index (χ0) is 34.3. The molecule has 0 fully saturated rings. The molecule has 0 atom stereocenters. The van der Waals surface area contributed by atoms with Gasteiger partial charge in [0.1, 0.15) is 0 Å². The van der Waals surface area contributed by atoms with Crippen molar-refractivity contribution in [3.8, 4) is 0 Å². The Morgan fingerprint density at radius 2 is 0.562 bits per heavy atom. The summed E-state index contributed by atoms with van der Waals surface area (Å²) in [6, 6.07) is 23.2. The van der Waals surface area contributed by atoms with Crippen LogP contribution in [0.5, 0.6) is 0 Å². The van der Waals surface area contributed by atoms with Crippen LogP contribution in [-0.2, 0) is 12.3 Å². The first-order valence-corrected chi connectivity index (χ1v) is 27.1. The first kappa shape index (κ1) is 43.8. The molecule has 2 heteroatoms. The zero-order valence-electron chi connectivity index (χ0n) is 32.2. The Kier molecular flexibility index (Phi) is 26.6. The Bertz CT molecular complexity index is 879. The van der Waals surface area contributed by atoms with E-state index in [0.29, 0.717) is 0 Å². The van der Waals surface area contributed by atoms with Crippen molar-refractivity contribution in [2.75, 3.05) is 12.3 Å². The molecule has 2 aromatic rings. The second-order valence-electron chi connectivity index (χ2n) is 15.7. The molecule has 0 N–H and O–H groups in total. The summed E-state index contributed by atoms with van der Waals surface area (Å²) in [6.45, 7) is 4.63. The fourth-order valence-electron chi connectivity index (χ4n) is 7.97. The topological polar surface area (TPSA) is 0 Å². The van der Waals surface area contributed by atoms with Gasteiger partial charge >= 0.3 is 264 Å². The molecule has 0 aromatic heterocycles. The van der Waals surface area contributed by atoms with E-state index >= 15 is 0 Å². The van der Waals surface area contributed by atoms with Crippen LogP contribution in [0, 0.1) is 0 Å². The quantitative estimate of drug-likeness (QED) is 0.0376. The van der Waals surface area contributed by atoms with E-state index in [-0.39, 0.29) is 0 Å². The van der Waals surface area contributed by atoms with Crippen LogP contribution in [0.2, 0.25) is 0 Å². The van der Waals surface area contributed by atoms with E-state index < -0.39 is 4.25 Å². The molecule has 0 radical (unpaired) electrons. The van der Waals surface area contributed by atoms with Crippen LogP contribution in [-0.4, -0.2) is 12.3 Å². The Balaban J connectivity index is 1.80. The van der Waals surface area contributed by atoms with Gasteiger partial charge in [0.25, 0.3) is 0 Å². The van der Waals surface area contributed by atoms with E-state index in [1.165, 1.54) is 204 Å². The number of hydrogen-bond donors (Lipinski definition) is 0. The first-order valence-electron chi connectivity index (χ1n) is 21.4. The summed E-state index contributed by atoms with van der Waals surface area (Å²) in [5.41, 5.74) is 3.16. The third kappa shape index (κ3) is 22.4. The van der Waals surface area contributed by atoms with E-state index in [9.17, 15) is 0 Å². The number of rotatable bonds is 34. The molecular formula is C46H80IP. The molecule has 0 aliphatic heterocycles. The Labute approximate surface area is 314 Å². The van der Waals surface area contributed by atoms with Crippen LogP contribution in [0.25, 0.3) is 0 Å². The van der Waals surface area contributed by atoms with E-state index in [1.54, 1.807) is 11.1 Å². The molecule has 48 heavy (non-hydrogen) atoms. The number of benzene rings is 2. The normalized spacial score (nSPS) is 12.7. The third-order valence-corrected chi connectivity index (χ3v) is 21.1. The Morgan fingerprint density at radius 1 is 0.333 bits per heavy atom. The Morgan fingerprint density at radius 3 is 0.812 bits per heavy atom. The molecule has 0 bridgehead atoms. The van der Waals surface area contributed by atoms with Crippen molar-refractivity contribution in [2.45, 2.75) is 206 Å². The van der Waals surface area contributed by atoms with Gasteiger partial charge in [0.2, 0.25) is 0 Å². The van der Waals surface area contributed by atoms with E-state index in [2.05, 4.69) is 96.6 Å². The molecule has 0 saturated heterocycles. The molecule has 0 heterocycles. The molecule has 0 spiro atoms. The number of halogens is 1. The van der Waals surface area contributed by atoms with Gasteiger partial charge in [0.15, 0.2) is 0 Å². The molecule has 0 nitrogen and oxygen atoms in total. The van der Waals surface area contributed by atoms with Gasteiger partial charge in [-0.15, -0.1) is 0 Å². The van der Waals surface area contributed by atoms with Gasteiger partial charge in [-0.2, -0.15) is 0 Å². The van der Waals surface area contributed by atoms with Gasteiger partial charge in [0.05, 0.1) is 0 Å². The molecule has 0 amide bonds. The second-order valence-corrected chi connectivity index (χ2v) is 29.1. The first-order chi connectivity index (χ1) is 23.6. The van der Waals surface area contributed by atoms with Crippen LogP contribution in [0.1, 0.15) is 205 Å². The predicted molar refractivity (Wildman–Crippen MR) is 232 cm³/mol. The Hall–Kier alpha value is -0.400. The van der Waals surface area contributed by atoms with Crippen molar-refractivity contribution in [1.82, 2.24) is 0 Å². The molecule has 0 aliphatic carbocycles. The average molecular weight is 791 g/mol. The average Bonchev–Trinajstić information content (AvgIpc) is 3.09. The SMILES string of the molecule is CCCCCCCCCCCCCCCCP(I)(CCCCCCCCCCCCCCCC)(Cc1ccccc1)Cc1ccccc1.